The predicted molar refractivity (Wildman–Crippen MR) is 169 cm³/mol. The van der Waals surface area contributed by atoms with E-state index < -0.39 is 0 Å². The topological polar surface area (TPSA) is 111 Å². The smallest absolute Gasteiger partial charge is 0.237 e. The molecule has 232 valence electrons. The van der Waals surface area contributed by atoms with Gasteiger partial charge in [-0.2, -0.15) is 4.98 Å². The molecule has 1 amide bonds. The number of carbonyl (C=O) groups is 1. The average molecular weight is 599 g/mol. The number of carbonyl (C=O) groups excluding carboxylic acids is 1. The van der Waals surface area contributed by atoms with Crippen LogP contribution >= 0.6 is 0 Å². The number of ether oxygens (including phenoxy) is 2. The normalized spacial score (nSPS) is 15.4. The van der Waals surface area contributed by atoms with Gasteiger partial charge in [0.25, 0.3) is 0 Å². The van der Waals surface area contributed by atoms with Crippen molar-refractivity contribution in [3.05, 3.63) is 84.3 Å². The minimum atomic E-state index is -0.0585. The van der Waals surface area contributed by atoms with Crippen LogP contribution in [0.15, 0.2) is 67.5 Å². The van der Waals surface area contributed by atoms with Crippen molar-refractivity contribution in [2.75, 3.05) is 45.3 Å². The van der Waals surface area contributed by atoms with Crippen LogP contribution in [0.5, 0.6) is 11.5 Å². The van der Waals surface area contributed by atoms with Crippen molar-refractivity contribution in [3.63, 3.8) is 0 Å². The molecule has 1 N–H and O–H groups in total. The summed E-state index contributed by atoms with van der Waals surface area (Å²) in [6, 6.07) is 12.0. The molecular weight excluding hydrogens is 556 g/mol. The van der Waals surface area contributed by atoms with E-state index in [9.17, 15) is 4.79 Å². The zero-order valence-electron chi connectivity index (χ0n) is 26.0. The van der Waals surface area contributed by atoms with Crippen LogP contribution in [0.2, 0.25) is 0 Å². The Hall–Kier alpha value is -4.51. The van der Waals surface area contributed by atoms with Crippen LogP contribution in [0, 0.1) is 0 Å². The maximum Gasteiger partial charge on any atom is 0.237 e. The summed E-state index contributed by atoms with van der Waals surface area (Å²) in [5.74, 6) is 3.09. The molecule has 11 nitrogen and oxygen atoms in total. The van der Waals surface area contributed by atoms with Crippen LogP contribution in [0.3, 0.4) is 0 Å². The largest absolute Gasteiger partial charge is 0.493 e. The van der Waals surface area contributed by atoms with Gasteiger partial charge in [0, 0.05) is 70.0 Å². The van der Waals surface area contributed by atoms with Crippen molar-refractivity contribution in [3.8, 4) is 17.4 Å². The first kappa shape index (κ1) is 30.9. The standard InChI is InChI=1S/C33H42N8O3/c1-24(2)28-19-31(38-33(37-28)40-14-13-35-23-40)41-16-15-39(21-26-8-5-11-34-20-26)22-27(41)18-32(42)36-12-6-7-25-9-10-29(43-3)30(17-25)44-4/h5,8-11,13-14,17,19-20,23-24,27H,6-7,12,15-16,18,21-22H2,1-4H3,(H,36,42). The molecule has 0 bridgehead atoms. The molecule has 1 aliphatic rings. The Morgan fingerprint density at radius 1 is 1.02 bits per heavy atom. The van der Waals surface area contributed by atoms with Gasteiger partial charge >= 0.3 is 0 Å². The Balaban J connectivity index is 1.28. The maximum atomic E-state index is 13.3. The molecule has 1 atom stereocenters. The molecule has 5 rings (SSSR count). The van der Waals surface area contributed by atoms with Crippen LogP contribution < -0.4 is 19.7 Å². The fourth-order valence-corrected chi connectivity index (χ4v) is 5.51. The molecule has 0 aliphatic carbocycles. The summed E-state index contributed by atoms with van der Waals surface area (Å²) >= 11 is 0. The minimum absolute atomic E-state index is 0.0310. The van der Waals surface area contributed by atoms with Gasteiger partial charge < -0.3 is 19.7 Å². The number of pyridine rings is 1. The number of rotatable bonds is 13. The number of methoxy groups -OCH3 is 2. The summed E-state index contributed by atoms with van der Waals surface area (Å²) < 4.78 is 12.6. The van der Waals surface area contributed by atoms with Gasteiger partial charge in [-0.05, 0) is 48.1 Å². The fraction of sp³-hybridized carbons (Fsp3) is 0.424. The highest BCUT2D eigenvalue weighted by molar-refractivity contribution is 5.77. The van der Waals surface area contributed by atoms with Gasteiger partial charge in [-0.1, -0.05) is 26.0 Å². The van der Waals surface area contributed by atoms with Crippen molar-refractivity contribution in [1.82, 2.24) is 34.7 Å². The third kappa shape index (κ3) is 7.90. The van der Waals surface area contributed by atoms with E-state index in [4.69, 9.17) is 19.4 Å². The summed E-state index contributed by atoms with van der Waals surface area (Å²) in [6.07, 6.45) is 11.0. The zero-order chi connectivity index (χ0) is 30.9. The van der Waals surface area contributed by atoms with Crippen LogP contribution in [0.1, 0.15) is 49.4 Å². The number of amides is 1. The third-order valence-electron chi connectivity index (χ3n) is 7.87. The number of benzene rings is 1. The lowest BCUT2D eigenvalue weighted by Crippen LogP contribution is -2.54. The molecule has 0 spiro atoms. The van der Waals surface area contributed by atoms with E-state index in [0.29, 0.717) is 30.4 Å². The lowest BCUT2D eigenvalue weighted by atomic mass is 10.1. The van der Waals surface area contributed by atoms with Gasteiger partial charge in [0.05, 0.1) is 26.0 Å². The molecule has 4 aromatic rings. The van der Waals surface area contributed by atoms with E-state index in [1.807, 2.05) is 41.2 Å². The highest BCUT2D eigenvalue weighted by Crippen LogP contribution is 2.28. The second-order valence-electron chi connectivity index (χ2n) is 11.4. The Morgan fingerprint density at radius 2 is 1.89 bits per heavy atom. The highest BCUT2D eigenvalue weighted by Gasteiger charge is 2.31. The molecule has 11 heteroatoms. The van der Waals surface area contributed by atoms with Crippen molar-refractivity contribution < 1.29 is 14.3 Å². The van der Waals surface area contributed by atoms with E-state index in [1.54, 1.807) is 32.9 Å². The lowest BCUT2D eigenvalue weighted by Gasteiger charge is -2.42. The summed E-state index contributed by atoms with van der Waals surface area (Å²) in [5, 5.41) is 3.16. The van der Waals surface area contributed by atoms with Crippen molar-refractivity contribution in [2.45, 2.75) is 51.6 Å². The molecule has 0 radical (unpaired) electrons. The van der Waals surface area contributed by atoms with E-state index in [-0.39, 0.29) is 17.9 Å². The fourth-order valence-electron chi connectivity index (χ4n) is 5.51. The number of piperazine rings is 1. The van der Waals surface area contributed by atoms with Crippen LogP contribution in [0.4, 0.5) is 5.82 Å². The first-order chi connectivity index (χ1) is 21.4. The van der Waals surface area contributed by atoms with Gasteiger partial charge in [-0.25, -0.2) is 9.97 Å². The number of aryl methyl sites for hydroxylation is 1. The molecular formula is C33H42N8O3. The number of nitrogens with one attached hydrogen (secondary N) is 1. The Morgan fingerprint density at radius 3 is 2.61 bits per heavy atom. The van der Waals surface area contributed by atoms with Gasteiger partial charge in [-0.3, -0.25) is 19.2 Å². The van der Waals surface area contributed by atoms with Crippen molar-refractivity contribution >= 4 is 11.7 Å². The number of hydrogen-bond acceptors (Lipinski definition) is 9. The van der Waals surface area contributed by atoms with Gasteiger partial charge in [0.1, 0.15) is 12.1 Å². The molecule has 4 heterocycles. The van der Waals surface area contributed by atoms with Crippen molar-refractivity contribution in [1.29, 1.82) is 0 Å². The monoisotopic (exact) mass is 598 g/mol. The van der Waals surface area contributed by atoms with Gasteiger partial charge in [0.15, 0.2) is 11.5 Å². The molecule has 1 fully saturated rings. The predicted octanol–water partition coefficient (Wildman–Crippen LogP) is 4.03. The number of anilines is 1. The summed E-state index contributed by atoms with van der Waals surface area (Å²) in [7, 11) is 3.27. The quantitative estimate of drug-likeness (QED) is 0.228. The molecule has 0 saturated carbocycles. The zero-order valence-corrected chi connectivity index (χ0v) is 26.0. The van der Waals surface area contributed by atoms with E-state index in [0.717, 1.165) is 61.7 Å². The average Bonchev–Trinajstić information content (AvgIpc) is 3.59. The summed E-state index contributed by atoms with van der Waals surface area (Å²) in [4.78, 5) is 36.2. The molecule has 1 saturated heterocycles. The van der Waals surface area contributed by atoms with E-state index >= 15 is 0 Å². The molecule has 3 aromatic heterocycles. The molecule has 44 heavy (non-hydrogen) atoms. The second kappa shape index (κ2) is 14.8. The number of nitrogens with zero attached hydrogens (tertiary/aromatic N) is 7. The lowest BCUT2D eigenvalue weighted by molar-refractivity contribution is -0.121. The molecule has 1 unspecified atom stereocenters. The van der Waals surface area contributed by atoms with Crippen LogP contribution in [-0.4, -0.2) is 81.8 Å². The second-order valence-corrected chi connectivity index (χ2v) is 11.4. The minimum Gasteiger partial charge on any atom is -0.493 e. The Kier molecular flexibility index (Phi) is 10.4. The Labute approximate surface area is 259 Å². The van der Waals surface area contributed by atoms with Gasteiger partial charge in [0.2, 0.25) is 11.9 Å². The first-order valence-electron chi connectivity index (χ1n) is 15.2. The molecule has 1 aromatic carbocycles. The molecule has 1 aliphatic heterocycles. The number of imidazole rings is 1. The SMILES string of the molecule is COc1ccc(CCCNC(=O)CC2CN(Cc3cccnc3)CCN2c2cc(C(C)C)nc(-n3ccnc3)n2)cc1OC. The first-order valence-corrected chi connectivity index (χ1v) is 15.2. The third-order valence-corrected chi connectivity index (χ3v) is 7.87. The highest BCUT2D eigenvalue weighted by atomic mass is 16.5. The number of hydrogen-bond donors (Lipinski definition) is 1. The summed E-state index contributed by atoms with van der Waals surface area (Å²) in [5.41, 5.74) is 3.25. The number of aromatic nitrogens is 5. The maximum absolute atomic E-state index is 13.3. The summed E-state index contributed by atoms with van der Waals surface area (Å²) in [6.45, 7) is 7.96. The van der Waals surface area contributed by atoms with Crippen LogP contribution in [0.25, 0.3) is 5.95 Å². The van der Waals surface area contributed by atoms with Crippen molar-refractivity contribution in [2.24, 2.45) is 0 Å². The van der Waals surface area contributed by atoms with Crippen LogP contribution in [-0.2, 0) is 17.8 Å². The Bertz CT molecular complexity index is 1500. The van der Waals surface area contributed by atoms with Gasteiger partial charge in [-0.15, -0.1) is 0 Å². The van der Waals surface area contributed by atoms with E-state index in [1.165, 1.54) is 0 Å². The van der Waals surface area contributed by atoms with E-state index in [2.05, 4.69) is 51.1 Å².